The van der Waals surface area contributed by atoms with E-state index in [9.17, 15) is 18.3 Å². The Morgan fingerprint density at radius 1 is 1.19 bits per heavy atom. The van der Waals surface area contributed by atoms with E-state index in [1.54, 1.807) is 12.1 Å². The molecule has 0 bridgehead atoms. The summed E-state index contributed by atoms with van der Waals surface area (Å²) in [5, 5.41) is 9.14. The highest BCUT2D eigenvalue weighted by atomic mass is 32.2. The van der Waals surface area contributed by atoms with Gasteiger partial charge in [-0.3, -0.25) is 4.79 Å². The average Bonchev–Trinajstić information content (AvgIpc) is 3.00. The van der Waals surface area contributed by atoms with Crippen molar-refractivity contribution in [1.82, 2.24) is 4.31 Å². The van der Waals surface area contributed by atoms with Crippen LogP contribution in [0.15, 0.2) is 24.3 Å². The van der Waals surface area contributed by atoms with E-state index in [1.807, 2.05) is 12.1 Å². The lowest BCUT2D eigenvalue weighted by Gasteiger charge is -2.35. The van der Waals surface area contributed by atoms with Crippen molar-refractivity contribution in [3.8, 4) is 0 Å². The maximum atomic E-state index is 12.8. The van der Waals surface area contributed by atoms with Gasteiger partial charge in [-0.2, -0.15) is 4.31 Å². The number of carboxylic acids is 1. The van der Waals surface area contributed by atoms with Crippen molar-refractivity contribution in [2.24, 2.45) is 0 Å². The molecule has 21 heavy (non-hydrogen) atoms. The van der Waals surface area contributed by atoms with Crippen LogP contribution in [-0.2, 0) is 21.2 Å². The molecule has 0 spiro atoms. The van der Waals surface area contributed by atoms with Crippen LogP contribution >= 0.6 is 0 Å². The molecule has 0 radical (unpaired) electrons. The quantitative estimate of drug-likeness (QED) is 0.926. The number of sulfonamides is 1. The van der Waals surface area contributed by atoms with E-state index in [4.69, 9.17) is 0 Å². The molecular weight excluding hydrogens is 290 g/mol. The molecular formula is C15H19NO4S. The van der Waals surface area contributed by atoms with Crippen LogP contribution in [-0.4, -0.2) is 35.6 Å². The van der Waals surface area contributed by atoms with E-state index in [-0.39, 0.29) is 6.54 Å². The lowest BCUT2D eigenvalue weighted by Crippen LogP contribution is -2.46. The van der Waals surface area contributed by atoms with E-state index in [0.29, 0.717) is 24.8 Å². The van der Waals surface area contributed by atoms with Crippen LogP contribution in [0.25, 0.3) is 0 Å². The molecule has 2 aliphatic rings. The Morgan fingerprint density at radius 3 is 2.52 bits per heavy atom. The van der Waals surface area contributed by atoms with Gasteiger partial charge in [-0.25, -0.2) is 8.42 Å². The summed E-state index contributed by atoms with van der Waals surface area (Å²) in [4.78, 5) is 11.7. The number of hydrogen-bond donors (Lipinski definition) is 1. The fourth-order valence-electron chi connectivity index (χ4n) is 3.45. The molecule has 5 nitrogen and oxygen atoms in total. The third-order valence-electron chi connectivity index (χ3n) is 4.52. The molecule has 1 N–H and O–H groups in total. The van der Waals surface area contributed by atoms with Crippen molar-refractivity contribution in [2.45, 2.75) is 43.4 Å². The second-order valence-electron chi connectivity index (χ2n) is 5.75. The van der Waals surface area contributed by atoms with E-state index in [2.05, 4.69) is 0 Å². The van der Waals surface area contributed by atoms with Crippen molar-refractivity contribution in [1.29, 1.82) is 0 Å². The van der Waals surface area contributed by atoms with Gasteiger partial charge in [-0.15, -0.1) is 0 Å². The maximum absolute atomic E-state index is 12.8. The summed E-state index contributed by atoms with van der Waals surface area (Å²) in [6.07, 6.45) is 3.68. The fraction of sp³-hybridized carbons (Fsp3) is 0.533. The summed E-state index contributed by atoms with van der Waals surface area (Å²) >= 11 is 0. The van der Waals surface area contributed by atoms with Gasteiger partial charge >= 0.3 is 5.97 Å². The Bertz CT molecular complexity index is 649. The van der Waals surface area contributed by atoms with Crippen LogP contribution in [0, 0.1) is 0 Å². The maximum Gasteiger partial charge on any atom is 0.326 e. The first kappa shape index (κ1) is 14.5. The lowest BCUT2D eigenvalue weighted by molar-refractivity contribution is -0.142. The predicted octanol–water partition coefficient (Wildman–Crippen LogP) is 1.94. The molecule has 1 saturated carbocycles. The van der Waals surface area contributed by atoms with Crippen molar-refractivity contribution in [3.05, 3.63) is 35.4 Å². The number of aliphatic carboxylic acids is 1. The first-order chi connectivity index (χ1) is 10.0. The second kappa shape index (κ2) is 5.42. The Balaban J connectivity index is 2.01. The number of carboxylic acid groups (broad SMARTS) is 1. The molecule has 1 aliphatic heterocycles. The molecule has 1 heterocycles. The monoisotopic (exact) mass is 309 g/mol. The van der Waals surface area contributed by atoms with Crippen LogP contribution in [0.4, 0.5) is 0 Å². The third kappa shape index (κ3) is 2.46. The number of benzene rings is 1. The highest BCUT2D eigenvalue weighted by Gasteiger charge is 2.43. The molecule has 114 valence electrons. The first-order valence-corrected chi connectivity index (χ1v) is 8.83. The molecule has 1 aromatic rings. The Kier molecular flexibility index (Phi) is 3.75. The van der Waals surface area contributed by atoms with Crippen molar-refractivity contribution < 1.29 is 18.3 Å². The van der Waals surface area contributed by atoms with Crippen LogP contribution in [0.2, 0.25) is 0 Å². The van der Waals surface area contributed by atoms with Crippen LogP contribution in [0.5, 0.6) is 0 Å². The van der Waals surface area contributed by atoms with E-state index >= 15 is 0 Å². The summed E-state index contributed by atoms with van der Waals surface area (Å²) in [7, 11) is -3.55. The zero-order valence-electron chi connectivity index (χ0n) is 11.7. The van der Waals surface area contributed by atoms with E-state index in [1.165, 1.54) is 4.31 Å². The number of hydrogen-bond acceptors (Lipinski definition) is 3. The summed E-state index contributed by atoms with van der Waals surface area (Å²) < 4.78 is 26.8. The number of nitrogens with zero attached hydrogens (tertiary/aromatic N) is 1. The van der Waals surface area contributed by atoms with Gasteiger partial charge in [0.15, 0.2) is 0 Å². The average molecular weight is 309 g/mol. The van der Waals surface area contributed by atoms with Crippen LogP contribution < -0.4 is 0 Å². The van der Waals surface area contributed by atoms with Gasteiger partial charge in [0, 0.05) is 6.54 Å². The van der Waals surface area contributed by atoms with Gasteiger partial charge in [-0.05, 0) is 30.4 Å². The minimum absolute atomic E-state index is 0.257. The van der Waals surface area contributed by atoms with Crippen LogP contribution in [0.3, 0.4) is 0 Å². The second-order valence-corrected chi connectivity index (χ2v) is 7.92. The number of fused-ring (bicyclic) bond motifs is 1. The standard InChI is InChI=1S/C15H19NO4S/c17-15(18)14-13-8-4-1-5-11(13)9-10-16(14)21(19,20)12-6-2-3-7-12/h1,4-5,8,12,14H,2-3,6-7,9-10H2,(H,17,18). The molecule has 1 aliphatic carbocycles. The van der Waals surface area contributed by atoms with Gasteiger partial charge < -0.3 is 5.11 Å². The molecule has 0 amide bonds. The fourth-order valence-corrected chi connectivity index (χ4v) is 5.61. The highest BCUT2D eigenvalue weighted by molar-refractivity contribution is 7.89. The number of carbonyl (C=O) groups is 1. The van der Waals surface area contributed by atoms with E-state index in [0.717, 1.165) is 18.4 Å². The molecule has 3 rings (SSSR count). The molecule has 1 atom stereocenters. The molecule has 0 aromatic heterocycles. The Morgan fingerprint density at radius 2 is 1.86 bits per heavy atom. The van der Waals surface area contributed by atoms with Gasteiger partial charge in [0.1, 0.15) is 6.04 Å². The third-order valence-corrected chi connectivity index (χ3v) is 6.88. The predicted molar refractivity (Wildman–Crippen MR) is 78.4 cm³/mol. The van der Waals surface area contributed by atoms with Gasteiger partial charge in [0.05, 0.1) is 5.25 Å². The first-order valence-electron chi connectivity index (χ1n) is 7.33. The topological polar surface area (TPSA) is 74.7 Å². The number of rotatable bonds is 3. The van der Waals surface area contributed by atoms with Crippen molar-refractivity contribution in [3.63, 3.8) is 0 Å². The molecule has 0 saturated heterocycles. The van der Waals surface area contributed by atoms with Gasteiger partial charge in [-0.1, -0.05) is 37.1 Å². The minimum atomic E-state index is -3.55. The lowest BCUT2D eigenvalue weighted by atomic mass is 9.94. The summed E-state index contributed by atoms with van der Waals surface area (Å²) in [5.41, 5.74) is 1.54. The van der Waals surface area contributed by atoms with Crippen molar-refractivity contribution >= 4 is 16.0 Å². The largest absolute Gasteiger partial charge is 0.480 e. The Hall–Kier alpha value is -1.40. The zero-order valence-corrected chi connectivity index (χ0v) is 12.6. The van der Waals surface area contributed by atoms with Crippen LogP contribution in [0.1, 0.15) is 42.9 Å². The van der Waals surface area contributed by atoms with Gasteiger partial charge in [0.2, 0.25) is 10.0 Å². The highest BCUT2D eigenvalue weighted by Crippen LogP contribution is 2.36. The minimum Gasteiger partial charge on any atom is -0.480 e. The van der Waals surface area contributed by atoms with Crippen molar-refractivity contribution in [2.75, 3.05) is 6.54 Å². The normalized spacial score (nSPS) is 23.9. The molecule has 6 heteroatoms. The smallest absolute Gasteiger partial charge is 0.326 e. The van der Waals surface area contributed by atoms with Gasteiger partial charge in [0.25, 0.3) is 0 Å². The zero-order chi connectivity index (χ0) is 15.0. The molecule has 1 fully saturated rings. The van der Waals surface area contributed by atoms with E-state index < -0.39 is 27.3 Å². The SMILES string of the molecule is O=C(O)C1c2ccccc2CCN1S(=O)(=O)C1CCCC1. The Labute approximate surface area is 124 Å². The summed E-state index contributed by atoms with van der Waals surface area (Å²) in [5.74, 6) is -1.09. The molecule has 1 aromatic carbocycles. The summed E-state index contributed by atoms with van der Waals surface area (Å²) in [6, 6.07) is 6.15. The molecule has 1 unspecified atom stereocenters. The summed E-state index contributed by atoms with van der Waals surface area (Å²) in [6.45, 7) is 0.257.